The number of hydrogen-bond donors (Lipinski definition) is 3. The van der Waals surface area contributed by atoms with Gasteiger partial charge in [-0.15, -0.1) is 0 Å². The first-order valence-electron chi connectivity index (χ1n) is 34.3. The molecule has 0 aromatic heterocycles. The van der Waals surface area contributed by atoms with Crippen molar-refractivity contribution in [1.29, 1.82) is 0 Å². The standard InChI is InChI=1S/C66H128O17P2/c1-8-9-10-30-40-47-63(68)76-53-61(82-66(71)50-43-36-29-23-22-26-33-39-46-59(6)7)55-80-84(72,73)78-51-60(67)52-79-85(74,75)81-56-62(54-77-64(69)48-41-34-27-21-17-19-25-32-38-45-58(4)5)83-65(70)49-42-35-28-20-16-14-12-11-13-15-18-24-31-37-44-57(2)3/h57-62,67H,8-56H2,1-7H3,(H,72,73)(H,74,75)/t60-,61+,62+/m0/s1. The van der Waals surface area contributed by atoms with Crippen molar-refractivity contribution in [3.05, 3.63) is 0 Å². The zero-order chi connectivity index (χ0) is 63.1. The van der Waals surface area contributed by atoms with Gasteiger partial charge in [-0.25, -0.2) is 9.13 Å². The molecule has 17 nitrogen and oxygen atoms in total. The van der Waals surface area contributed by atoms with Crippen LogP contribution in [0.5, 0.6) is 0 Å². The molecule has 0 aromatic carbocycles. The molecule has 0 bridgehead atoms. The molecule has 0 amide bonds. The van der Waals surface area contributed by atoms with E-state index in [1.54, 1.807) is 0 Å². The SMILES string of the molecule is CCCCCCCC(=O)OC[C@H](COP(=O)(O)OC[C@H](O)COP(=O)(O)OC[C@@H](COC(=O)CCCCCCCCCCCC(C)C)OC(=O)CCCCCCCCCCCCCCCCC(C)C)OC(=O)CCCCCCCCCCC(C)C. The molecule has 0 saturated heterocycles. The van der Waals surface area contributed by atoms with Crippen molar-refractivity contribution in [2.75, 3.05) is 39.6 Å². The minimum atomic E-state index is -4.95. The number of ether oxygens (including phenoxy) is 4. The number of hydrogen-bond acceptors (Lipinski definition) is 15. The Morgan fingerprint density at radius 2 is 0.541 bits per heavy atom. The molecule has 85 heavy (non-hydrogen) atoms. The quantitative estimate of drug-likeness (QED) is 0.0222. The van der Waals surface area contributed by atoms with E-state index in [2.05, 4.69) is 48.5 Å². The van der Waals surface area contributed by atoms with Crippen molar-refractivity contribution >= 4 is 39.5 Å². The van der Waals surface area contributed by atoms with E-state index in [-0.39, 0.29) is 25.7 Å². The van der Waals surface area contributed by atoms with Gasteiger partial charge < -0.3 is 33.8 Å². The fraction of sp³-hybridized carbons (Fsp3) is 0.939. The van der Waals surface area contributed by atoms with Crippen LogP contribution in [-0.4, -0.2) is 96.7 Å². The number of aliphatic hydroxyl groups excluding tert-OH is 1. The summed E-state index contributed by atoms with van der Waals surface area (Å²) < 4.78 is 67.9. The Balaban J connectivity index is 5.16. The Bertz CT molecular complexity index is 1680. The van der Waals surface area contributed by atoms with E-state index in [0.717, 1.165) is 114 Å². The first-order chi connectivity index (χ1) is 40.7. The number of esters is 4. The van der Waals surface area contributed by atoms with Crippen LogP contribution >= 0.6 is 15.6 Å². The first kappa shape index (κ1) is 83.1. The van der Waals surface area contributed by atoms with E-state index >= 15 is 0 Å². The van der Waals surface area contributed by atoms with Crippen LogP contribution in [0.3, 0.4) is 0 Å². The molecule has 0 heterocycles. The fourth-order valence-corrected chi connectivity index (χ4v) is 11.4. The Kier molecular flexibility index (Phi) is 55.9. The summed E-state index contributed by atoms with van der Waals surface area (Å²) in [6, 6.07) is 0. The van der Waals surface area contributed by atoms with Gasteiger partial charge in [0.25, 0.3) is 0 Å². The van der Waals surface area contributed by atoms with Crippen molar-refractivity contribution in [3.63, 3.8) is 0 Å². The lowest BCUT2D eigenvalue weighted by atomic mass is 10.0. The summed E-state index contributed by atoms with van der Waals surface area (Å²) in [5.41, 5.74) is 0. The second-order valence-electron chi connectivity index (χ2n) is 25.3. The number of aliphatic hydroxyl groups is 1. The van der Waals surface area contributed by atoms with E-state index < -0.39 is 97.5 Å². The molecule has 0 saturated carbocycles. The van der Waals surface area contributed by atoms with Crippen LogP contribution in [0, 0.1) is 17.8 Å². The summed E-state index contributed by atoms with van der Waals surface area (Å²) in [6.45, 7) is 11.7. The molecule has 0 rings (SSSR count). The lowest BCUT2D eigenvalue weighted by Crippen LogP contribution is -2.30. The highest BCUT2D eigenvalue weighted by molar-refractivity contribution is 7.47. The lowest BCUT2D eigenvalue weighted by molar-refractivity contribution is -0.161. The summed E-state index contributed by atoms with van der Waals surface area (Å²) in [5, 5.41) is 10.5. The van der Waals surface area contributed by atoms with Crippen molar-refractivity contribution in [1.82, 2.24) is 0 Å². The number of unbranched alkanes of at least 4 members (excludes halogenated alkanes) is 32. The lowest BCUT2D eigenvalue weighted by Gasteiger charge is -2.21. The Morgan fingerprint density at radius 1 is 0.318 bits per heavy atom. The van der Waals surface area contributed by atoms with Crippen molar-refractivity contribution in [2.45, 2.75) is 343 Å². The molecule has 0 spiro atoms. The predicted molar refractivity (Wildman–Crippen MR) is 340 cm³/mol. The zero-order valence-electron chi connectivity index (χ0n) is 55.1. The smallest absolute Gasteiger partial charge is 0.462 e. The average Bonchev–Trinajstić information content (AvgIpc) is 3.63. The predicted octanol–water partition coefficient (Wildman–Crippen LogP) is 18.3. The number of carbonyl (C=O) groups is 4. The maximum absolute atomic E-state index is 13.0. The van der Waals surface area contributed by atoms with Gasteiger partial charge in [-0.2, -0.15) is 0 Å². The minimum absolute atomic E-state index is 0.103. The Labute approximate surface area is 517 Å². The van der Waals surface area contributed by atoms with Crippen molar-refractivity contribution in [2.24, 2.45) is 17.8 Å². The van der Waals surface area contributed by atoms with Crippen LogP contribution in [0.25, 0.3) is 0 Å². The third kappa shape index (κ3) is 60.7. The fourth-order valence-electron chi connectivity index (χ4n) is 9.83. The monoisotopic (exact) mass is 1250 g/mol. The maximum atomic E-state index is 13.0. The van der Waals surface area contributed by atoms with Crippen LogP contribution in [0.1, 0.15) is 325 Å². The van der Waals surface area contributed by atoms with E-state index in [1.807, 2.05) is 0 Å². The van der Waals surface area contributed by atoms with E-state index in [0.29, 0.717) is 25.7 Å². The maximum Gasteiger partial charge on any atom is 0.472 e. The summed E-state index contributed by atoms with van der Waals surface area (Å²) in [4.78, 5) is 72.1. The number of phosphoric acid groups is 2. The molecule has 504 valence electrons. The molecule has 2 unspecified atom stereocenters. The van der Waals surface area contributed by atoms with Gasteiger partial charge in [0.1, 0.15) is 19.3 Å². The van der Waals surface area contributed by atoms with Gasteiger partial charge in [-0.3, -0.25) is 37.3 Å². The van der Waals surface area contributed by atoms with Crippen LogP contribution in [-0.2, 0) is 65.4 Å². The van der Waals surface area contributed by atoms with E-state index in [4.69, 9.17) is 37.0 Å². The molecule has 5 atom stereocenters. The Hall–Kier alpha value is -1.94. The molecular formula is C66H128O17P2. The molecule has 0 aliphatic carbocycles. The highest BCUT2D eigenvalue weighted by Gasteiger charge is 2.30. The summed E-state index contributed by atoms with van der Waals surface area (Å²) in [5.74, 6) is 0.113. The highest BCUT2D eigenvalue weighted by Crippen LogP contribution is 2.45. The van der Waals surface area contributed by atoms with Gasteiger partial charge in [0, 0.05) is 25.7 Å². The van der Waals surface area contributed by atoms with Gasteiger partial charge in [0.15, 0.2) is 12.2 Å². The molecule has 0 aliphatic rings. The average molecular weight is 1260 g/mol. The van der Waals surface area contributed by atoms with Crippen molar-refractivity contribution in [3.8, 4) is 0 Å². The van der Waals surface area contributed by atoms with Gasteiger partial charge in [-0.05, 0) is 43.4 Å². The normalized spacial score (nSPS) is 14.3. The second-order valence-corrected chi connectivity index (χ2v) is 28.2. The van der Waals surface area contributed by atoms with Crippen LogP contribution in [0.2, 0.25) is 0 Å². The Morgan fingerprint density at radius 3 is 0.800 bits per heavy atom. The molecule has 0 fully saturated rings. The second kappa shape index (κ2) is 57.2. The van der Waals surface area contributed by atoms with E-state index in [1.165, 1.54) is 128 Å². The zero-order valence-corrected chi connectivity index (χ0v) is 56.9. The van der Waals surface area contributed by atoms with Gasteiger partial charge in [0.05, 0.1) is 26.4 Å². The van der Waals surface area contributed by atoms with Crippen LogP contribution in [0.15, 0.2) is 0 Å². The van der Waals surface area contributed by atoms with Gasteiger partial charge in [0.2, 0.25) is 0 Å². The van der Waals surface area contributed by atoms with E-state index in [9.17, 15) is 43.2 Å². The minimum Gasteiger partial charge on any atom is -0.462 e. The van der Waals surface area contributed by atoms with Crippen LogP contribution < -0.4 is 0 Å². The molecule has 19 heteroatoms. The third-order valence-corrected chi connectivity index (χ3v) is 17.0. The van der Waals surface area contributed by atoms with Crippen LogP contribution in [0.4, 0.5) is 0 Å². The summed E-state index contributed by atoms with van der Waals surface area (Å²) >= 11 is 0. The molecule has 0 radical (unpaired) electrons. The number of carbonyl (C=O) groups excluding carboxylic acids is 4. The third-order valence-electron chi connectivity index (χ3n) is 15.1. The summed E-state index contributed by atoms with van der Waals surface area (Å²) in [6.07, 6.45) is 39.4. The van der Waals surface area contributed by atoms with Crippen molar-refractivity contribution < 1.29 is 80.2 Å². The van der Waals surface area contributed by atoms with Gasteiger partial charge in [-0.1, -0.05) is 273 Å². The molecule has 0 aliphatic heterocycles. The molecule has 3 N–H and O–H groups in total. The van der Waals surface area contributed by atoms with Gasteiger partial charge >= 0.3 is 39.5 Å². The highest BCUT2D eigenvalue weighted by atomic mass is 31.2. The molecule has 0 aromatic rings. The summed E-state index contributed by atoms with van der Waals surface area (Å²) in [7, 11) is -9.88. The topological polar surface area (TPSA) is 237 Å². The largest absolute Gasteiger partial charge is 0.472 e. The first-order valence-corrected chi connectivity index (χ1v) is 37.3. The number of phosphoric ester groups is 2. The molecular weight excluding hydrogens is 1130 g/mol. The number of rotatable bonds is 64.